The zero-order valence-corrected chi connectivity index (χ0v) is 9.95. The SMILES string of the molecule is [2H]C([2H])([2H])C1(O)COCCN(C(=O)OC(C)(C)C)C1. The third-order valence-electron chi connectivity index (χ3n) is 1.95. The van der Waals surface area contributed by atoms with Gasteiger partial charge >= 0.3 is 6.09 Å². The van der Waals surface area contributed by atoms with Crippen molar-refractivity contribution in [1.82, 2.24) is 4.90 Å². The van der Waals surface area contributed by atoms with Gasteiger partial charge in [-0.3, -0.25) is 0 Å². The molecule has 1 atom stereocenters. The fourth-order valence-electron chi connectivity index (χ4n) is 1.34. The van der Waals surface area contributed by atoms with E-state index in [1.54, 1.807) is 20.8 Å². The van der Waals surface area contributed by atoms with E-state index in [1.165, 1.54) is 4.90 Å². The summed E-state index contributed by atoms with van der Waals surface area (Å²) in [4.78, 5) is 13.1. The first-order valence-corrected chi connectivity index (χ1v) is 5.23. The molecule has 1 unspecified atom stereocenters. The Kier molecular flexibility index (Phi) is 2.65. The number of ether oxygens (including phenoxy) is 2. The molecular weight excluding hydrogens is 210 g/mol. The standard InChI is InChI=1S/C11H21NO4/c1-10(2,3)16-9(13)12-5-6-15-8-11(4,14)7-12/h14H,5-8H2,1-4H3/i4D3. The second kappa shape index (κ2) is 4.59. The molecule has 0 spiro atoms. The number of aliphatic hydroxyl groups is 1. The quantitative estimate of drug-likeness (QED) is 0.679. The minimum Gasteiger partial charge on any atom is -0.444 e. The van der Waals surface area contributed by atoms with Crippen molar-refractivity contribution in [3.63, 3.8) is 0 Å². The molecule has 1 rings (SSSR count). The van der Waals surface area contributed by atoms with Crippen LogP contribution in [0.1, 0.15) is 31.7 Å². The third-order valence-corrected chi connectivity index (χ3v) is 1.95. The zero-order chi connectivity index (χ0) is 14.9. The van der Waals surface area contributed by atoms with Gasteiger partial charge in [0, 0.05) is 10.7 Å². The smallest absolute Gasteiger partial charge is 0.410 e. The molecule has 0 aliphatic carbocycles. The van der Waals surface area contributed by atoms with Crippen molar-refractivity contribution in [2.45, 2.75) is 38.8 Å². The summed E-state index contributed by atoms with van der Waals surface area (Å²) in [6.45, 7) is 2.21. The van der Waals surface area contributed by atoms with E-state index in [4.69, 9.17) is 13.6 Å². The number of hydrogen-bond donors (Lipinski definition) is 1. The summed E-state index contributed by atoms with van der Waals surface area (Å²) in [7, 11) is 0. The first-order valence-electron chi connectivity index (χ1n) is 6.73. The molecule has 94 valence electrons. The van der Waals surface area contributed by atoms with Gasteiger partial charge in [-0.15, -0.1) is 0 Å². The molecule has 0 aromatic carbocycles. The van der Waals surface area contributed by atoms with Crippen LogP contribution in [0.3, 0.4) is 0 Å². The van der Waals surface area contributed by atoms with Gasteiger partial charge in [0.25, 0.3) is 0 Å². The van der Waals surface area contributed by atoms with Gasteiger partial charge in [0.05, 0.1) is 19.8 Å². The van der Waals surface area contributed by atoms with Crippen molar-refractivity contribution in [3.8, 4) is 0 Å². The van der Waals surface area contributed by atoms with Gasteiger partial charge in [0.15, 0.2) is 0 Å². The van der Waals surface area contributed by atoms with E-state index in [-0.39, 0.29) is 26.3 Å². The van der Waals surface area contributed by atoms with Crippen LogP contribution in [0.2, 0.25) is 0 Å². The van der Waals surface area contributed by atoms with E-state index in [1.807, 2.05) is 0 Å². The highest BCUT2D eigenvalue weighted by molar-refractivity contribution is 5.68. The van der Waals surface area contributed by atoms with Crippen LogP contribution in [0.15, 0.2) is 0 Å². The second-order valence-electron chi connectivity index (χ2n) is 4.99. The molecule has 0 bridgehead atoms. The van der Waals surface area contributed by atoms with E-state index in [2.05, 4.69) is 0 Å². The molecule has 0 radical (unpaired) electrons. The molecule has 1 aliphatic heterocycles. The average molecular weight is 234 g/mol. The Hall–Kier alpha value is -0.810. The molecule has 1 N–H and O–H groups in total. The molecule has 16 heavy (non-hydrogen) atoms. The Balaban J connectivity index is 2.82. The fraction of sp³-hybridized carbons (Fsp3) is 0.909. The molecule has 0 aromatic heterocycles. The number of amides is 1. The Bertz CT molecular complexity index is 340. The summed E-state index contributed by atoms with van der Waals surface area (Å²) in [5, 5.41) is 10.2. The topological polar surface area (TPSA) is 59.0 Å². The molecule has 1 saturated heterocycles. The van der Waals surface area contributed by atoms with Gasteiger partial charge in [-0.25, -0.2) is 4.79 Å². The Morgan fingerprint density at radius 1 is 1.62 bits per heavy atom. The van der Waals surface area contributed by atoms with Crippen LogP contribution in [-0.2, 0) is 9.47 Å². The van der Waals surface area contributed by atoms with Crippen molar-refractivity contribution in [2.75, 3.05) is 26.3 Å². The lowest BCUT2D eigenvalue weighted by molar-refractivity contribution is -0.0270. The molecule has 1 fully saturated rings. The maximum absolute atomic E-state index is 11.9. The summed E-state index contributed by atoms with van der Waals surface area (Å²) < 4.78 is 32.3. The lowest BCUT2D eigenvalue weighted by Gasteiger charge is -2.29. The highest BCUT2D eigenvalue weighted by Crippen LogP contribution is 2.15. The van der Waals surface area contributed by atoms with E-state index >= 15 is 0 Å². The number of rotatable bonds is 0. The van der Waals surface area contributed by atoms with Gasteiger partial charge in [0.2, 0.25) is 0 Å². The lowest BCUT2D eigenvalue weighted by Crippen LogP contribution is -2.46. The summed E-state index contributed by atoms with van der Waals surface area (Å²) in [6.07, 6.45) is -0.652. The summed E-state index contributed by atoms with van der Waals surface area (Å²) in [5.41, 5.74) is -2.75. The second-order valence-corrected chi connectivity index (χ2v) is 4.99. The van der Waals surface area contributed by atoms with Crippen LogP contribution >= 0.6 is 0 Å². The van der Waals surface area contributed by atoms with Crippen LogP contribution in [0.25, 0.3) is 0 Å². The largest absolute Gasteiger partial charge is 0.444 e. The molecule has 5 heteroatoms. The monoisotopic (exact) mass is 234 g/mol. The molecule has 0 saturated carbocycles. The normalized spacial score (nSPS) is 31.0. The third kappa shape index (κ3) is 4.37. The van der Waals surface area contributed by atoms with Crippen molar-refractivity contribution >= 4 is 6.09 Å². The molecule has 1 amide bonds. The predicted octanol–water partition coefficient (Wildman–Crippen LogP) is 1.00. The molecular formula is C11H21NO4. The number of carbonyl (C=O) groups excluding carboxylic acids is 1. The van der Waals surface area contributed by atoms with Crippen LogP contribution in [-0.4, -0.2) is 53.6 Å². The Labute approximate surface area is 101 Å². The van der Waals surface area contributed by atoms with Gasteiger partial charge in [-0.2, -0.15) is 0 Å². The number of hydrogen-bond acceptors (Lipinski definition) is 4. The van der Waals surface area contributed by atoms with Crippen LogP contribution in [0, 0.1) is 0 Å². The highest BCUT2D eigenvalue weighted by atomic mass is 16.6. The Morgan fingerprint density at radius 2 is 2.31 bits per heavy atom. The Morgan fingerprint density at radius 3 is 2.88 bits per heavy atom. The number of nitrogens with zero attached hydrogens (tertiary/aromatic N) is 1. The predicted molar refractivity (Wildman–Crippen MR) is 59.2 cm³/mol. The summed E-state index contributed by atoms with van der Waals surface area (Å²) in [6, 6.07) is 0. The molecule has 0 aromatic rings. The van der Waals surface area contributed by atoms with Gasteiger partial charge < -0.3 is 19.5 Å². The minimum atomic E-state index is -2.63. The van der Waals surface area contributed by atoms with Crippen LogP contribution in [0.4, 0.5) is 4.79 Å². The van der Waals surface area contributed by atoms with Gasteiger partial charge in [-0.1, -0.05) is 0 Å². The van der Waals surface area contributed by atoms with E-state index in [9.17, 15) is 9.90 Å². The van der Waals surface area contributed by atoms with Crippen molar-refractivity contribution < 1.29 is 23.5 Å². The highest BCUT2D eigenvalue weighted by Gasteiger charge is 2.32. The molecule has 5 nitrogen and oxygen atoms in total. The van der Waals surface area contributed by atoms with Crippen LogP contribution < -0.4 is 0 Å². The van der Waals surface area contributed by atoms with Crippen molar-refractivity contribution in [3.05, 3.63) is 0 Å². The van der Waals surface area contributed by atoms with Crippen molar-refractivity contribution in [1.29, 1.82) is 0 Å². The number of β-amino-alcohol motifs (C(OH)–C–C–N with tert-alkyl or cyclic N) is 1. The van der Waals surface area contributed by atoms with Crippen molar-refractivity contribution in [2.24, 2.45) is 0 Å². The molecule has 1 heterocycles. The van der Waals surface area contributed by atoms with E-state index < -0.39 is 24.1 Å². The van der Waals surface area contributed by atoms with E-state index in [0.29, 0.717) is 0 Å². The minimum absolute atomic E-state index is 0.164. The lowest BCUT2D eigenvalue weighted by atomic mass is 10.1. The number of carbonyl (C=O) groups is 1. The zero-order valence-electron chi connectivity index (χ0n) is 12.9. The molecule has 1 aliphatic rings. The maximum Gasteiger partial charge on any atom is 0.410 e. The first kappa shape index (κ1) is 9.24. The van der Waals surface area contributed by atoms with E-state index in [0.717, 1.165) is 0 Å². The summed E-state index contributed by atoms with van der Waals surface area (Å²) in [5.74, 6) is 0. The maximum atomic E-state index is 11.9. The van der Waals surface area contributed by atoms with Gasteiger partial charge in [0.1, 0.15) is 11.2 Å². The summed E-state index contributed by atoms with van der Waals surface area (Å²) >= 11 is 0. The van der Waals surface area contributed by atoms with Crippen LogP contribution in [0.5, 0.6) is 0 Å². The fourth-order valence-corrected chi connectivity index (χ4v) is 1.34. The first-order chi connectivity index (χ1) is 8.45. The average Bonchev–Trinajstić information content (AvgIpc) is 2.37. The van der Waals surface area contributed by atoms with Gasteiger partial charge in [-0.05, 0) is 27.6 Å².